The first-order chi connectivity index (χ1) is 9.70. The molecule has 2 fully saturated rings. The second-order valence-electron chi connectivity index (χ2n) is 5.05. The van der Waals surface area contributed by atoms with Crippen LogP contribution >= 0.6 is 0 Å². The van der Waals surface area contributed by atoms with Gasteiger partial charge >= 0.3 is 6.09 Å². The highest BCUT2D eigenvalue weighted by Crippen LogP contribution is 2.15. The molecule has 2 heterocycles. The molecule has 0 aliphatic carbocycles. The van der Waals surface area contributed by atoms with Gasteiger partial charge < -0.3 is 19.3 Å². The number of hydrogen-bond acceptors (Lipinski definition) is 4. The highest BCUT2D eigenvalue weighted by molar-refractivity contribution is 5.77. The summed E-state index contributed by atoms with van der Waals surface area (Å²) in [6, 6.07) is 0. The summed E-state index contributed by atoms with van der Waals surface area (Å²) in [6.07, 6.45) is 3.76. The van der Waals surface area contributed by atoms with Gasteiger partial charge in [-0.15, -0.1) is 6.58 Å². The molecule has 0 unspecified atom stereocenters. The number of likely N-dealkylation sites (tertiary alicyclic amines) is 1. The Morgan fingerprint density at radius 3 is 2.75 bits per heavy atom. The van der Waals surface area contributed by atoms with Crippen molar-refractivity contribution < 1.29 is 19.1 Å². The lowest BCUT2D eigenvalue weighted by Gasteiger charge is -2.32. The third-order valence-electron chi connectivity index (χ3n) is 3.68. The van der Waals surface area contributed by atoms with E-state index in [0.29, 0.717) is 32.7 Å². The van der Waals surface area contributed by atoms with Crippen molar-refractivity contribution in [2.75, 3.05) is 39.4 Å². The molecule has 0 saturated carbocycles. The molecule has 6 nitrogen and oxygen atoms in total. The number of rotatable bonds is 6. The molecule has 0 aromatic heterocycles. The Bertz CT molecular complexity index is 364. The average Bonchev–Trinajstić information content (AvgIpc) is 2.88. The van der Waals surface area contributed by atoms with Crippen molar-refractivity contribution >= 4 is 12.0 Å². The lowest BCUT2D eigenvalue weighted by Crippen LogP contribution is -2.42. The molecule has 2 aliphatic rings. The van der Waals surface area contributed by atoms with E-state index in [2.05, 4.69) is 6.58 Å². The van der Waals surface area contributed by atoms with Crippen LogP contribution in [0.2, 0.25) is 0 Å². The summed E-state index contributed by atoms with van der Waals surface area (Å²) in [5.41, 5.74) is 0. The van der Waals surface area contributed by atoms with E-state index in [-0.39, 0.29) is 18.1 Å². The zero-order valence-corrected chi connectivity index (χ0v) is 11.8. The van der Waals surface area contributed by atoms with Crippen LogP contribution in [-0.4, -0.2) is 67.3 Å². The molecule has 0 aromatic rings. The van der Waals surface area contributed by atoms with E-state index in [4.69, 9.17) is 9.47 Å². The molecule has 112 valence electrons. The molecule has 20 heavy (non-hydrogen) atoms. The minimum absolute atomic E-state index is 0.104. The fraction of sp³-hybridized carbons (Fsp3) is 0.714. The fourth-order valence-electron chi connectivity index (χ4n) is 2.49. The topological polar surface area (TPSA) is 59.1 Å². The molecular formula is C14H22N2O4. The highest BCUT2D eigenvalue weighted by atomic mass is 16.6. The fourth-order valence-corrected chi connectivity index (χ4v) is 2.49. The Kier molecular flexibility index (Phi) is 5.40. The zero-order chi connectivity index (χ0) is 14.4. The molecule has 0 spiro atoms. The van der Waals surface area contributed by atoms with E-state index in [0.717, 1.165) is 25.9 Å². The quantitative estimate of drug-likeness (QED) is 0.683. The van der Waals surface area contributed by atoms with Gasteiger partial charge in [0.2, 0.25) is 5.91 Å². The number of hydrogen-bond donors (Lipinski definition) is 0. The van der Waals surface area contributed by atoms with Gasteiger partial charge in [0.25, 0.3) is 0 Å². The van der Waals surface area contributed by atoms with Crippen molar-refractivity contribution in [2.24, 2.45) is 0 Å². The smallest absolute Gasteiger partial charge is 0.409 e. The van der Waals surface area contributed by atoms with Gasteiger partial charge in [0.1, 0.15) is 6.61 Å². The Morgan fingerprint density at radius 1 is 1.40 bits per heavy atom. The minimum Gasteiger partial charge on any atom is -0.448 e. The lowest BCUT2D eigenvalue weighted by molar-refractivity contribution is -0.133. The van der Waals surface area contributed by atoms with Crippen molar-refractivity contribution in [2.45, 2.75) is 25.4 Å². The van der Waals surface area contributed by atoms with Crippen LogP contribution in [0, 0.1) is 0 Å². The Morgan fingerprint density at radius 2 is 2.15 bits per heavy atom. The lowest BCUT2D eigenvalue weighted by atomic mass is 10.1. The highest BCUT2D eigenvalue weighted by Gasteiger charge is 2.26. The van der Waals surface area contributed by atoms with E-state index in [9.17, 15) is 9.59 Å². The van der Waals surface area contributed by atoms with Crippen molar-refractivity contribution in [3.8, 4) is 0 Å². The van der Waals surface area contributed by atoms with Crippen LogP contribution in [0.3, 0.4) is 0 Å². The van der Waals surface area contributed by atoms with Crippen LogP contribution in [0.1, 0.15) is 19.3 Å². The number of nitrogens with zero attached hydrogens (tertiary/aromatic N) is 2. The first-order valence-electron chi connectivity index (χ1n) is 7.12. The van der Waals surface area contributed by atoms with Crippen LogP contribution in [0.25, 0.3) is 0 Å². The summed E-state index contributed by atoms with van der Waals surface area (Å²) >= 11 is 0. The standard InChI is InChI=1S/C14H22N2O4/c1-2-10-19-12-3-6-15(7-4-12)13(17)5-8-16-9-11-20-14(16)18/h2,12H,1,3-11H2. The number of carbonyl (C=O) groups excluding carboxylic acids is 2. The predicted molar refractivity (Wildman–Crippen MR) is 73.3 cm³/mol. The van der Waals surface area contributed by atoms with Crippen molar-refractivity contribution in [1.29, 1.82) is 0 Å². The van der Waals surface area contributed by atoms with E-state index in [1.807, 2.05) is 4.90 Å². The summed E-state index contributed by atoms with van der Waals surface area (Å²) in [5, 5.41) is 0. The van der Waals surface area contributed by atoms with Crippen molar-refractivity contribution in [1.82, 2.24) is 9.80 Å². The molecule has 0 atom stereocenters. The van der Waals surface area contributed by atoms with Crippen molar-refractivity contribution in [3.63, 3.8) is 0 Å². The second kappa shape index (κ2) is 7.28. The summed E-state index contributed by atoms with van der Waals surface area (Å²) < 4.78 is 10.4. The van der Waals surface area contributed by atoms with E-state index >= 15 is 0 Å². The molecule has 0 N–H and O–H groups in total. The molecule has 0 aromatic carbocycles. The normalized spacial score (nSPS) is 20.1. The van der Waals surface area contributed by atoms with E-state index < -0.39 is 0 Å². The van der Waals surface area contributed by atoms with Crippen molar-refractivity contribution in [3.05, 3.63) is 12.7 Å². The number of amides is 2. The van der Waals surface area contributed by atoms with Gasteiger partial charge in [-0.25, -0.2) is 4.79 Å². The molecule has 2 rings (SSSR count). The van der Waals surface area contributed by atoms with Crippen LogP contribution < -0.4 is 0 Å². The van der Waals surface area contributed by atoms with Gasteiger partial charge in [-0.2, -0.15) is 0 Å². The van der Waals surface area contributed by atoms with Gasteiger partial charge in [-0.05, 0) is 12.8 Å². The summed E-state index contributed by atoms with van der Waals surface area (Å²) in [6.45, 7) is 7.11. The monoisotopic (exact) mass is 282 g/mol. The molecule has 6 heteroatoms. The third kappa shape index (κ3) is 3.96. The Hall–Kier alpha value is -1.56. The van der Waals surface area contributed by atoms with Crippen LogP contribution in [0.15, 0.2) is 12.7 Å². The maximum atomic E-state index is 12.1. The molecule has 2 saturated heterocycles. The number of carbonyl (C=O) groups is 2. The predicted octanol–water partition coefficient (Wildman–Crippen LogP) is 1.02. The second-order valence-corrected chi connectivity index (χ2v) is 5.05. The maximum absolute atomic E-state index is 12.1. The molecule has 2 aliphatic heterocycles. The number of ether oxygens (including phenoxy) is 2. The summed E-state index contributed by atoms with van der Waals surface area (Å²) in [4.78, 5) is 26.8. The third-order valence-corrected chi connectivity index (χ3v) is 3.68. The van der Waals surface area contributed by atoms with Crippen LogP contribution in [0.5, 0.6) is 0 Å². The number of piperidine rings is 1. The first kappa shape index (κ1) is 14.8. The maximum Gasteiger partial charge on any atom is 0.409 e. The Labute approximate surface area is 119 Å². The molecule has 0 bridgehead atoms. The summed E-state index contributed by atoms with van der Waals surface area (Å²) in [5.74, 6) is 0.104. The van der Waals surface area contributed by atoms with Gasteiger partial charge in [0.05, 0.1) is 19.3 Å². The first-order valence-corrected chi connectivity index (χ1v) is 7.12. The van der Waals surface area contributed by atoms with Gasteiger partial charge in [0.15, 0.2) is 0 Å². The zero-order valence-electron chi connectivity index (χ0n) is 11.8. The van der Waals surface area contributed by atoms with Gasteiger partial charge in [-0.1, -0.05) is 6.08 Å². The molecule has 2 amide bonds. The minimum atomic E-state index is -0.311. The molecule has 0 radical (unpaired) electrons. The SMILES string of the molecule is C=CCOC1CCN(C(=O)CCN2CCOC2=O)CC1. The van der Waals surface area contributed by atoms with Gasteiger partial charge in [0, 0.05) is 26.1 Å². The largest absolute Gasteiger partial charge is 0.448 e. The van der Waals surface area contributed by atoms with Gasteiger partial charge in [-0.3, -0.25) is 4.79 Å². The van der Waals surface area contributed by atoms with E-state index in [1.165, 1.54) is 0 Å². The average molecular weight is 282 g/mol. The van der Waals surface area contributed by atoms with E-state index in [1.54, 1.807) is 11.0 Å². The van der Waals surface area contributed by atoms with Crippen LogP contribution in [0.4, 0.5) is 4.79 Å². The summed E-state index contributed by atoms with van der Waals surface area (Å²) in [7, 11) is 0. The molecular weight excluding hydrogens is 260 g/mol. The number of cyclic esters (lactones) is 1. The van der Waals surface area contributed by atoms with Crippen LogP contribution in [-0.2, 0) is 14.3 Å². The Balaban J connectivity index is 1.66.